The Bertz CT molecular complexity index is 1090. The molecule has 0 atom stereocenters. The normalized spacial score (nSPS) is 15.6. The van der Waals surface area contributed by atoms with Crippen molar-refractivity contribution in [2.75, 3.05) is 7.11 Å². The fourth-order valence-electron chi connectivity index (χ4n) is 4.65. The van der Waals surface area contributed by atoms with Crippen LogP contribution in [0.5, 0.6) is 5.75 Å². The van der Waals surface area contributed by atoms with Crippen molar-refractivity contribution in [2.45, 2.75) is 58.4 Å². The Morgan fingerprint density at radius 3 is 2.52 bits per heavy atom. The van der Waals surface area contributed by atoms with E-state index < -0.39 is 0 Å². The van der Waals surface area contributed by atoms with E-state index in [1.54, 1.807) is 19.4 Å². The van der Waals surface area contributed by atoms with E-state index in [9.17, 15) is 4.79 Å². The van der Waals surface area contributed by atoms with Crippen LogP contribution in [-0.2, 0) is 4.79 Å². The molecule has 1 fully saturated rings. The van der Waals surface area contributed by atoms with Gasteiger partial charge in [-0.25, -0.2) is 0 Å². The second kappa shape index (κ2) is 9.42. The number of furan rings is 1. The van der Waals surface area contributed by atoms with Gasteiger partial charge in [0, 0.05) is 34.2 Å². The lowest BCUT2D eigenvalue weighted by molar-refractivity contribution is -0.117. The van der Waals surface area contributed by atoms with E-state index in [4.69, 9.17) is 9.15 Å². The number of carbonyl (C=O) groups excluding carboxylic acids is 1. The van der Waals surface area contributed by atoms with Crippen molar-refractivity contribution in [3.8, 4) is 16.9 Å². The van der Waals surface area contributed by atoms with Crippen molar-refractivity contribution in [3.05, 3.63) is 59.9 Å². The number of hydrogen-bond acceptors (Lipinski definition) is 3. The van der Waals surface area contributed by atoms with Crippen LogP contribution in [0.25, 0.3) is 27.7 Å². The van der Waals surface area contributed by atoms with Crippen molar-refractivity contribution in [3.63, 3.8) is 0 Å². The number of allylic oxidation sites excluding steroid dienone is 1. The third-order valence-electron chi connectivity index (χ3n) is 6.31. The zero-order chi connectivity index (χ0) is 21.8. The largest absolute Gasteiger partial charge is 0.496 e. The molecule has 3 aromatic rings. The highest BCUT2D eigenvalue weighted by molar-refractivity contribution is 6.01. The molecule has 4 nitrogen and oxygen atoms in total. The monoisotopic (exact) mass is 417 g/mol. The minimum Gasteiger partial charge on any atom is -0.496 e. The van der Waals surface area contributed by atoms with E-state index in [-0.39, 0.29) is 11.9 Å². The number of fused-ring (bicyclic) bond motifs is 1. The number of rotatable bonds is 5. The van der Waals surface area contributed by atoms with E-state index >= 15 is 0 Å². The lowest BCUT2D eigenvalue weighted by atomic mass is 9.96. The predicted octanol–water partition coefficient (Wildman–Crippen LogP) is 6.66. The molecule has 1 aliphatic carbocycles. The van der Waals surface area contributed by atoms with Crippen LogP contribution in [0.4, 0.5) is 0 Å². The number of benzene rings is 2. The summed E-state index contributed by atoms with van der Waals surface area (Å²) in [6, 6.07) is 12.6. The zero-order valence-electron chi connectivity index (χ0n) is 18.7. The maximum absolute atomic E-state index is 12.7. The second-order valence-electron chi connectivity index (χ2n) is 8.50. The van der Waals surface area contributed by atoms with Gasteiger partial charge in [0.05, 0.1) is 13.4 Å². The van der Waals surface area contributed by atoms with Gasteiger partial charge in [-0.2, -0.15) is 0 Å². The smallest absolute Gasteiger partial charge is 0.244 e. The molecule has 1 aromatic heterocycles. The maximum atomic E-state index is 12.7. The first kappa shape index (κ1) is 21.2. The molecule has 1 N–H and O–H groups in total. The van der Waals surface area contributed by atoms with Crippen LogP contribution in [0, 0.1) is 6.92 Å². The molecule has 0 saturated heterocycles. The highest BCUT2D eigenvalue weighted by Gasteiger charge is 2.19. The first-order valence-electron chi connectivity index (χ1n) is 11.2. The molecule has 0 bridgehead atoms. The fraction of sp³-hybridized carbons (Fsp3) is 0.370. The predicted molar refractivity (Wildman–Crippen MR) is 126 cm³/mol. The first-order valence-corrected chi connectivity index (χ1v) is 11.2. The summed E-state index contributed by atoms with van der Waals surface area (Å²) in [6.45, 7) is 3.97. The third kappa shape index (κ3) is 4.53. The number of nitrogens with one attached hydrogen (secondary N) is 1. The highest BCUT2D eigenvalue weighted by Crippen LogP contribution is 2.40. The Labute approximate surface area is 184 Å². The topological polar surface area (TPSA) is 51.5 Å². The summed E-state index contributed by atoms with van der Waals surface area (Å²) in [6.07, 6.45) is 10.6. The minimum absolute atomic E-state index is 0.0281. The number of carbonyl (C=O) groups is 1. The lowest BCUT2D eigenvalue weighted by Gasteiger charge is -2.16. The van der Waals surface area contributed by atoms with Crippen LogP contribution >= 0.6 is 0 Å². The fourth-order valence-corrected chi connectivity index (χ4v) is 4.65. The molecule has 2 aromatic carbocycles. The Hall–Kier alpha value is -3.01. The molecule has 162 valence electrons. The van der Waals surface area contributed by atoms with Gasteiger partial charge in [0.2, 0.25) is 5.91 Å². The minimum atomic E-state index is -0.0281. The molecular weight excluding hydrogens is 386 g/mol. The summed E-state index contributed by atoms with van der Waals surface area (Å²) >= 11 is 0. The van der Waals surface area contributed by atoms with E-state index in [1.165, 1.54) is 25.7 Å². The molecule has 1 amide bonds. The summed E-state index contributed by atoms with van der Waals surface area (Å²) in [7, 11) is 1.66. The van der Waals surface area contributed by atoms with E-state index in [0.29, 0.717) is 0 Å². The average molecular weight is 418 g/mol. The van der Waals surface area contributed by atoms with Gasteiger partial charge in [0.15, 0.2) is 0 Å². The second-order valence-corrected chi connectivity index (χ2v) is 8.50. The van der Waals surface area contributed by atoms with Gasteiger partial charge in [-0.3, -0.25) is 4.79 Å². The Kier molecular flexibility index (Phi) is 6.45. The highest BCUT2D eigenvalue weighted by atomic mass is 16.5. The summed E-state index contributed by atoms with van der Waals surface area (Å²) in [5.41, 5.74) is 5.70. The summed E-state index contributed by atoms with van der Waals surface area (Å²) in [5.74, 6) is 0.720. The summed E-state index contributed by atoms with van der Waals surface area (Å²) < 4.78 is 11.7. The Morgan fingerprint density at radius 2 is 1.84 bits per heavy atom. The molecule has 4 heteroatoms. The van der Waals surface area contributed by atoms with Gasteiger partial charge in [-0.1, -0.05) is 56.0 Å². The van der Waals surface area contributed by atoms with Gasteiger partial charge < -0.3 is 14.5 Å². The molecule has 4 rings (SSSR count). The molecule has 1 heterocycles. The van der Waals surface area contributed by atoms with Crippen molar-refractivity contribution < 1.29 is 13.9 Å². The van der Waals surface area contributed by atoms with Gasteiger partial charge in [0.1, 0.15) is 11.3 Å². The first-order chi connectivity index (χ1) is 15.1. The van der Waals surface area contributed by atoms with Crippen molar-refractivity contribution in [2.24, 2.45) is 0 Å². The van der Waals surface area contributed by atoms with Crippen LogP contribution in [0.2, 0.25) is 0 Å². The van der Waals surface area contributed by atoms with Gasteiger partial charge in [-0.05, 0) is 43.9 Å². The number of methoxy groups -OCH3 is 1. The summed E-state index contributed by atoms with van der Waals surface area (Å²) in [4.78, 5) is 12.7. The van der Waals surface area contributed by atoms with E-state index in [2.05, 4.69) is 23.5 Å². The number of amides is 1. The van der Waals surface area contributed by atoms with Crippen LogP contribution in [-0.4, -0.2) is 19.1 Å². The molecule has 0 radical (unpaired) electrons. The zero-order valence-corrected chi connectivity index (χ0v) is 18.7. The van der Waals surface area contributed by atoms with Crippen LogP contribution in [0.3, 0.4) is 0 Å². The number of ether oxygens (including phenoxy) is 1. The molecular formula is C27H31NO3. The Morgan fingerprint density at radius 1 is 1.13 bits per heavy atom. The SMILES string of the molecule is COc1c(/C(C)=C/C(=O)NC2CCCCCC2)cc2c(-c3ccccc3)coc2c1C. The van der Waals surface area contributed by atoms with E-state index in [0.717, 1.165) is 57.4 Å². The van der Waals surface area contributed by atoms with Gasteiger partial charge in [-0.15, -0.1) is 0 Å². The van der Waals surface area contributed by atoms with Crippen LogP contribution in [0.15, 0.2) is 53.2 Å². The third-order valence-corrected chi connectivity index (χ3v) is 6.31. The molecule has 0 unspecified atom stereocenters. The average Bonchev–Trinajstić information content (AvgIpc) is 3.04. The van der Waals surface area contributed by atoms with E-state index in [1.807, 2.05) is 32.0 Å². The Balaban J connectivity index is 1.69. The summed E-state index contributed by atoms with van der Waals surface area (Å²) in [5, 5.41) is 4.23. The number of aryl methyl sites for hydroxylation is 1. The molecule has 0 spiro atoms. The van der Waals surface area contributed by atoms with Crippen molar-refractivity contribution >= 4 is 22.4 Å². The van der Waals surface area contributed by atoms with Gasteiger partial charge in [0.25, 0.3) is 0 Å². The standard InChI is InChI=1S/C27H31NO3/c1-18(15-25(29)28-21-13-9-4-5-10-14-21)22-16-23-24(20-11-7-6-8-12-20)17-31-27(23)19(2)26(22)30-3/h6-8,11-12,15-17,21H,4-5,9-10,13-14H2,1-3H3,(H,28,29)/b18-15+. The molecule has 0 aliphatic heterocycles. The van der Waals surface area contributed by atoms with Crippen LogP contribution < -0.4 is 10.1 Å². The quantitative estimate of drug-likeness (QED) is 0.373. The van der Waals surface area contributed by atoms with Gasteiger partial charge >= 0.3 is 0 Å². The van der Waals surface area contributed by atoms with Crippen molar-refractivity contribution in [1.82, 2.24) is 5.32 Å². The molecule has 1 saturated carbocycles. The molecule has 1 aliphatic rings. The maximum Gasteiger partial charge on any atom is 0.244 e. The van der Waals surface area contributed by atoms with Crippen LogP contribution in [0.1, 0.15) is 56.6 Å². The number of hydrogen-bond donors (Lipinski definition) is 1. The van der Waals surface area contributed by atoms with Crippen molar-refractivity contribution in [1.29, 1.82) is 0 Å². The lowest BCUT2D eigenvalue weighted by Crippen LogP contribution is -2.33. The molecule has 31 heavy (non-hydrogen) atoms.